The van der Waals surface area contributed by atoms with E-state index in [9.17, 15) is 4.79 Å². The Morgan fingerprint density at radius 2 is 2.16 bits per heavy atom. The number of benzene rings is 1. The van der Waals surface area contributed by atoms with E-state index in [-0.39, 0.29) is 12.5 Å². The molecule has 0 atom stereocenters. The van der Waals surface area contributed by atoms with Crippen LogP contribution in [-0.4, -0.2) is 30.0 Å². The molecule has 1 saturated carbocycles. The lowest BCUT2D eigenvalue weighted by atomic mass is 10.2. The zero-order valence-electron chi connectivity index (χ0n) is 11.5. The molecule has 2 rings (SSSR count). The quantitative estimate of drug-likeness (QED) is 0.829. The smallest absolute Gasteiger partial charge is 0.260 e. The maximum absolute atomic E-state index is 12.2. The van der Waals surface area contributed by atoms with Gasteiger partial charge < -0.3 is 15.4 Å². The molecule has 1 amide bonds. The van der Waals surface area contributed by atoms with Gasteiger partial charge in [-0.1, -0.05) is 18.9 Å². The van der Waals surface area contributed by atoms with Gasteiger partial charge in [-0.15, -0.1) is 0 Å². The molecule has 0 unspecified atom stereocenters. The predicted octanol–water partition coefficient (Wildman–Crippen LogP) is 2.44. The number of carbonyl (C=O) groups excluding carboxylic acids is 1. The highest BCUT2D eigenvalue weighted by Crippen LogP contribution is 2.23. The van der Waals surface area contributed by atoms with Gasteiger partial charge in [-0.2, -0.15) is 0 Å². The standard InChI is InChI=1S/C15H22N2O2/c1-2-17(13-7-3-4-8-13)15(18)11-19-14-9-5-6-12(16)10-14/h5-6,9-10,13H,2-4,7-8,11,16H2,1H3. The number of nitrogen functional groups attached to an aromatic ring is 1. The minimum Gasteiger partial charge on any atom is -0.484 e. The maximum atomic E-state index is 12.2. The normalized spacial score (nSPS) is 15.4. The van der Waals surface area contributed by atoms with E-state index in [0.717, 1.165) is 19.4 Å². The van der Waals surface area contributed by atoms with Crippen LogP contribution in [-0.2, 0) is 4.79 Å². The van der Waals surface area contributed by atoms with Crippen LogP contribution in [0.1, 0.15) is 32.6 Å². The molecule has 2 N–H and O–H groups in total. The molecule has 1 aliphatic carbocycles. The summed E-state index contributed by atoms with van der Waals surface area (Å²) in [5.74, 6) is 0.715. The van der Waals surface area contributed by atoms with Crippen molar-refractivity contribution in [1.82, 2.24) is 4.90 Å². The second-order valence-electron chi connectivity index (χ2n) is 4.98. The van der Waals surface area contributed by atoms with Crippen molar-refractivity contribution in [3.8, 4) is 5.75 Å². The zero-order valence-corrected chi connectivity index (χ0v) is 11.5. The van der Waals surface area contributed by atoms with Gasteiger partial charge in [-0.25, -0.2) is 0 Å². The summed E-state index contributed by atoms with van der Waals surface area (Å²) in [6.07, 6.45) is 4.70. The van der Waals surface area contributed by atoms with E-state index in [1.165, 1.54) is 12.8 Å². The Balaban J connectivity index is 1.88. The van der Waals surface area contributed by atoms with Gasteiger partial charge in [0, 0.05) is 24.3 Å². The molecule has 4 heteroatoms. The van der Waals surface area contributed by atoms with Gasteiger partial charge in [0.05, 0.1) is 0 Å². The molecule has 0 spiro atoms. The Hall–Kier alpha value is -1.71. The number of rotatable bonds is 5. The molecule has 1 aromatic rings. The van der Waals surface area contributed by atoms with E-state index in [1.807, 2.05) is 24.0 Å². The Bertz CT molecular complexity index is 428. The van der Waals surface area contributed by atoms with Crippen molar-refractivity contribution in [3.63, 3.8) is 0 Å². The summed E-state index contributed by atoms with van der Waals surface area (Å²) >= 11 is 0. The molecule has 104 valence electrons. The van der Waals surface area contributed by atoms with Gasteiger partial charge in [-0.05, 0) is 31.9 Å². The molecule has 0 bridgehead atoms. The second-order valence-corrected chi connectivity index (χ2v) is 4.98. The molecular formula is C15H22N2O2. The molecule has 0 aliphatic heterocycles. The third-order valence-corrected chi connectivity index (χ3v) is 3.65. The van der Waals surface area contributed by atoms with Crippen LogP contribution >= 0.6 is 0 Å². The monoisotopic (exact) mass is 262 g/mol. The van der Waals surface area contributed by atoms with Crippen LogP contribution in [0.2, 0.25) is 0 Å². The average molecular weight is 262 g/mol. The first-order valence-electron chi connectivity index (χ1n) is 6.98. The number of hydrogen-bond donors (Lipinski definition) is 1. The van der Waals surface area contributed by atoms with Crippen molar-refractivity contribution in [2.24, 2.45) is 0 Å². The Labute approximate surface area is 114 Å². The number of carbonyl (C=O) groups is 1. The fourth-order valence-electron chi connectivity index (χ4n) is 2.69. The van der Waals surface area contributed by atoms with Crippen LogP contribution in [0, 0.1) is 0 Å². The van der Waals surface area contributed by atoms with E-state index in [2.05, 4.69) is 0 Å². The molecule has 1 aromatic carbocycles. The van der Waals surface area contributed by atoms with Crippen molar-refractivity contribution in [1.29, 1.82) is 0 Å². The van der Waals surface area contributed by atoms with Gasteiger partial charge in [0.25, 0.3) is 5.91 Å². The summed E-state index contributed by atoms with van der Waals surface area (Å²) < 4.78 is 5.52. The number of hydrogen-bond acceptors (Lipinski definition) is 3. The van der Waals surface area contributed by atoms with Crippen molar-refractivity contribution in [3.05, 3.63) is 24.3 Å². The highest BCUT2D eigenvalue weighted by atomic mass is 16.5. The summed E-state index contributed by atoms with van der Waals surface area (Å²) in [4.78, 5) is 14.1. The molecule has 1 fully saturated rings. The van der Waals surface area contributed by atoms with Crippen LogP contribution in [0.5, 0.6) is 5.75 Å². The fraction of sp³-hybridized carbons (Fsp3) is 0.533. The molecule has 0 saturated heterocycles. The van der Waals surface area contributed by atoms with Crippen molar-refractivity contribution in [2.75, 3.05) is 18.9 Å². The number of ether oxygens (including phenoxy) is 1. The lowest BCUT2D eigenvalue weighted by Crippen LogP contribution is -2.41. The molecule has 0 radical (unpaired) electrons. The lowest BCUT2D eigenvalue weighted by Gasteiger charge is -2.27. The lowest BCUT2D eigenvalue weighted by molar-refractivity contribution is -0.135. The molecule has 0 aromatic heterocycles. The van der Waals surface area contributed by atoms with Gasteiger partial charge in [-0.3, -0.25) is 4.79 Å². The van der Waals surface area contributed by atoms with E-state index < -0.39 is 0 Å². The fourth-order valence-corrected chi connectivity index (χ4v) is 2.69. The van der Waals surface area contributed by atoms with Crippen LogP contribution in [0.25, 0.3) is 0 Å². The predicted molar refractivity (Wildman–Crippen MR) is 76.0 cm³/mol. The molecule has 0 heterocycles. The van der Waals surface area contributed by atoms with Gasteiger partial charge in [0.2, 0.25) is 0 Å². The van der Waals surface area contributed by atoms with Crippen LogP contribution in [0.3, 0.4) is 0 Å². The van der Waals surface area contributed by atoms with Crippen molar-refractivity contribution < 1.29 is 9.53 Å². The first-order valence-corrected chi connectivity index (χ1v) is 6.98. The van der Waals surface area contributed by atoms with E-state index in [1.54, 1.807) is 12.1 Å². The topological polar surface area (TPSA) is 55.6 Å². The summed E-state index contributed by atoms with van der Waals surface area (Å²) in [5.41, 5.74) is 6.32. The van der Waals surface area contributed by atoms with E-state index in [4.69, 9.17) is 10.5 Å². The minimum atomic E-state index is 0.0665. The van der Waals surface area contributed by atoms with Crippen LogP contribution < -0.4 is 10.5 Å². The SMILES string of the molecule is CCN(C(=O)COc1cccc(N)c1)C1CCCC1. The molecule has 4 nitrogen and oxygen atoms in total. The van der Waals surface area contributed by atoms with Crippen molar-refractivity contribution in [2.45, 2.75) is 38.6 Å². The zero-order chi connectivity index (χ0) is 13.7. The number of amides is 1. The third-order valence-electron chi connectivity index (χ3n) is 3.65. The average Bonchev–Trinajstić information content (AvgIpc) is 2.91. The van der Waals surface area contributed by atoms with E-state index in [0.29, 0.717) is 17.5 Å². The number of likely N-dealkylation sites (N-methyl/N-ethyl adjacent to an activating group) is 1. The summed E-state index contributed by atoms with van der Waals surface area (Å²) in [6, 6.07) is 7.58. The van der Waals surface area contributed by atoms with Crippen LogP contribution in [0.4, 0.5) is 5.69 Å². The number of nitrogens with zero attached hydrogens (tertiary/aromatic N) is 1. The number of anilines is 1. The van der Waals surface area contributed by atoms with Gasteiger partial charge in [0.1, 0.15) is 5.75 Å². The van der Waals surface area contributed by atoms with Gasteiger partial charge >= 0.3 is 0 Å². The Kier molecular flexibility index (Phi) is 4.66. The Morgan fingerprint density at radius 1 is 1.42 bits per heavy atom. The molecule has 19 heavy (non-hydrogen) atoms. The largest absolute Gasteiger partial charge is 0.484 e. The van der Waals surface area contributed by atoms with Crippen molar-refractivity contribution >= 4 is 11.6 Å². The highest BCUT2D eigenvalue weighted by Gasteiger charge is 2.25. The summed E-state index contributed by atoms with van der Waals surface area (Å²) in [6.45, 7) is 2.87. The Morgan fingerprint density at radius 3 is 2.79 bits per heavy atom. The van der Waals surface area contributed by atoms with Crippen LogP contribution in [0.15, 0.2) is 24.3 Å². The van der Waals surface area contributed by atoms with Gasteiger partial charge in [0.15, 0.2) is 6.61 Å². The second kappa shape index (κ2) is 6.45. The first-order chi connectivity index (χ1) is 9.20. The highest BCUT2D eigenvalue weighted by molar-refractivity contribution is 5.78. The maximum Gasteiger partial charge on any atom is 0.260 e. The summed E-state index contributed by atoms with van der Waals surface area (Å²) in [5, 5.41) is 0. The molecule has 1 aliphatic rings. The minimum absolute atomic E-state index is 0.0665. The van der Waals surface area contributed by atoms with E-state index >= 15 is 0 Å². The third kappa shape index (κ3) is 3.63. The summed E-state index contributed by atoms with van der Waals surface area (Å²) in [7, 11) is 0. The molecular weight excluding hydrogens is 240 g/mol. The first kappa shape index (κ1) is 13.7. The number of nitrogens with two attached hydrogens (primary N) is 1.